The van der Waals surface area contributed by atoms with Gasteiger partial charge in [0.25, 0.3) is 0 Å². The van der Waals surface area contributed by atoms with Gasteiger partial charge < -0.3 is 0 Å². The van der Waals surface area contributed by atoms with E-state index in [0.717, 1.165) is 43.4 Å². The molecule has 1 aromatic carbocycles. The molecule has 0 aliphatic rings. The van der Waals surface area contributed by atoms with Crippen LogP contribution in [0.25, 0.3) is 0 Å². The Morgan fingerprint density at radius 3 is 2.32 bits per heavy atom. The van der Waals surface area contributed by atoms with E-state index in [2.05, 4.69) is 24.4 Å². The molecule has 0 unspecified atom stereocenters. The number of hydrogen-bond acceptors (Lipinski definition) is 2. The van der Waals surface area contributed by atoms with Crippen LogP contribution >= 0.6 is 0 Å². The summed E-state index contributed by atoms with van der Waals surface area (Å²) in [6.07, 6.45) is 5.59. The van der Waals surface area contributed by atoms with Crippen molar-refractivity contribution in [3.05, 3.63) is 35.9 Å². The van der Waals surface area contributed by atoms with Crippen molar-refractivity contribution in [3.8, 4) is 0 Å². The quantitative estimate of drug-likeness (QED) is 0.559. The Morgan fingerprint density at radius 1 is 1.05 bits per heavy atom. The number of rotatable bonds is 8. The third kappa shape index (κ3) is 6.18. The number of unbranched alkanes of at least 4 members (excludes halogenated alkanes) is 2. The molecule has 0 aromatic heterocycles. The summed E-state index contributed by atoms with van der Waals surface area (Å²) in [4.78, 5) is 11.6. The molecule has 1 rings (SSSR count). The molecular formula is C16H24N2O. The van der Waals surface area contributed by atoms with Crippen LogP contribution in [-0.4, -0.2) is 11.6 Å². The van der Waals surface area contributed by atoms with Crippen molar-refractivity contribution in [2.45, 2.75) is 52.4 Å². The van der Waals surface area contributed by atoms with Crippen LogP contribution in [-0.2, 0) is 4.79 Å². The average molecular weight is 260 g/mol. The molecule has 1 aromatic rings. The Hall–Kier alpha value is -1.64. The number of benzene rings is 1. The fourth-order valence-electron chi connectivity index (χ4n) is 1.76. The lowest BCUT2D eigenvalue weighted by Crippen LogP contribution is -2.19. The minimum absolute atomic E-state index is 0.00628. The Balaban J connectivity index is 2.66. The molecule has 0 saturated carbocycles. The minimum Gasteiger partial charge on any atom is -0.273 e. The third-order valence-corrected chi connectivity index (χ3v) is 2.95. The monoisotopic (exact) mass is 260 g/mol. The number of amides is 1. The van der Waals surface area contributed by atoms with Crippen LogP contribution in [0.1, 0.15) is 57.9 Å². The molecule has 104 valence electrons. The van der Waals surface area contributed by atoms with E-state index in [1.165, 1.54) is 0 Å². The van der Waals surface area contributed by atoms with Crippen LogP contribution in [0.2, 0.25) is 0 Å². The van der Waals surface area contributed by atoms with E-state index < -0.39 is 0 Å². The van der Waals surface area contributed by atoms with Gasteiger partial charge in [-0.3, -0.25) is 4.79 Å². The molecule has 0 radical (unpaired) electrons. The average Bonchev–Trinajstić information content (AvgIpc) is 2.46. The SMILES string of the molecule is CCCCC(=O)N/N=C(\CCCC)c1ccccc1. The van der Waals surface area contributed by atoms with Crippen molar-refractivity contribution in [3.63, 3.8) is 0 Å². The second-order valence-corrected chi connectivity index (χ2v) is 4.67. The largest absolute Gasteiger partial charge is 0.273 e. The zero-order valence-corrected chi connectivity index (χ0v) is 12.0. The van der Waals surface area contributed by atoms with Crippen LogP contribution in [0.4, 0.5) is 0 Å². The summed E-state index contributed by atoms with van der Waals surface area (Å²) in [6.45, 7) is 4.23. The van der Waals surface area contributed by atoms with E-state index in [9.17, 15) is 4.79 Å². The second-order valence-electron chi connectivity index (χ2n) is 4.67. The molecule has 0 heterocycles. The highest BCUT2D eigenvalue weighted by Crippen LogP contribution is 2.07. The van der Waals surface area contributed by atoms with Crippen LogP contribution < -0.4 is 5.43 Å². The van der Waals surface area contributed by atoms with Crippen molar-refractivity contribution in [2.24, 2.45) is 5.10 Å². The van der Waals surface area contributed by atoms with Crippen molar-refractivity contribution in [2.75, 3.05) is 0 Å². The lowest BCUT2D eigenvalue weighted by Gasteiger charge is -2.07. The summed E-state index contributed by atoms with van der Waals surface area (Å²) in [5.41, 5.74) is 4.73. The van der Waals surface area contributed by atoms with Gasteiger partial charge in [0.05, 0.1) is 5.71 Å². The molecule has 0 atom stereocenters. The molecule has 3 nitrogen and oxygen atoms in total. The third-order valence-electron chi connectivity index (χ3n) is 2.95. The van der Waals surface area contributed by atoms with Crippen molar-refractivity contribution < 1.29 is 4.79 Å². The maximum Gasteiger partial charge on any atom is 0.240 e. The molecular weight excluding hydrogens is 236 g/mol. The first-order chi connectivity index (χ1) is 9.27. The van der Waals surface area contributed by atoms with Crippen molar-refractivity contribution in [1.82, 2.24) is 5.43 Å². The molecule has 0 saturated heterocycles. The van der Waals surface area contributed by atoms with Gasteiger partial charge in [-0.05, 0) is 24.8 Å². The number of carbonyl (C=O) groups is 1. The van der Waals surface area contributed by atoms with Gasteiger partial charge in [-0.25, -0.2) is 5.43 Å². The lowest BCUT2D eigenvalue weighted by molar-refractivity contribution is -0.121. The van der Waals surface area contributed by atoms with Crippen LogP contribution in [0.15, 0.2) is 35.4 Å². The Bertz CT molecular complexity index is 398. The van der Waals surface area contributed by atoms with Crippen LogP contribution in [0.3, 0.4) is 0 Å². The van der Waals surface area contributed by atoms with Gasteiger partial charge in [0.1, 0.15) is 0 Å². The van der Waals surface area contributed by atoms with Crippen molar-refractivity contribution >= 4 is 11.6 Å². The van der Waals surface area contributed by atoms with E-state index in [1.54, 1.807) is 0 Å². The molecule has 1 amide bonds. The van der Waals surface area contributed by atoms with Gasteiger partial charge in [0.15, 0.2) is 0 Å². The molecule has 0 fully saturated rings. The van der Waals surface area contributed by atoms with Gasteiger partial charge in [0.2, 0.25) is 5.91 Å². The number of nitrogens with one attached hydrogen (secondary N) is 1. The Labute approximate surface area is 116 Å². The van der Waals surface area contributed by atoms with E-state index in [0.29, 0.717) is 6.42 Å². The molecule has 0 aliphatic carbocycles. The van der Waals surface area contributed by atoms with E-state index in [4.69, 9.17) is 0 Å². The maximum atomic E-state index is 11.6. The van der Waals surface area contributed by atoms with E-state index >= 15 is 0 Å². The first-order valence-corrected chi connectivity index (χ1v) is 7.18. The zero-order valence-electron chi connectivity index (χ0n) is 12.0. The van der Waals surface area contributed by atoms with Crippen LogP contribution in [0.5, 0.6) is 0 Å². The van der Waals surface area contributed by atoms with Gasteiger partial charge in [-0.1, -0.05) is 57.0 Å². The number of hydrogen-bond donors (Lipinski definition) is 1. The van der Waals surface area contributed by atoms with E-state index in [-0.39, 0.29) is 5.91 Å². The fraction of sp³-hybridized carbons (Fsp3) is 0.500. The molecule has 0 spiro atoms. The number of carbonyl (C=O) groups excluding carboxylic acids is 1. The number of nitrogens with zero attached hydrogens (tertiary/aromatic N) is 1. The highest BCUT2D eigenvalue weighted by Gasteiger charge is 2.04. The van der Waals surface area contributed by atoms with E-state index in [1.807, 2.05) is 30.3 Å². The highest BCUT2D eigenvalue weighted by molar-refractivity contribution is 6.01. The summed E-state index contributed by atoms with van der Waals surface area (Å²) in [5, 5.41) is 4.30. The molecule has 0 bridgehead atoms. The normalized spacial score (nSPS) is 11.4. The zero-order chi connectivity index (χ0) is 13.9. The van der Waals surface area contributed by atoms with Crippen LogP contribution in [0, 0.1) is 0 Å². The predicted octanol–water partition coefficient (Wildman–Crippen LogP) is 3.89. The maximum absolute atomic E-state index is 11.6. The summed E-state index contributed by atoms with van der Waals surface area (Å²) >= 11 is 0. The summed E-state index contributed by atoms with van der Waals surface area (Å²) in [5.74, 6) is 0.00628. The molecule has 1 N–H and O–H groups in total. The fourth-order valence-corrected chi connectivity index (χ4v) is 1.76. The topological polar surface area (TPSA) is 41.5 Å². The summed E-state index contributed by atoms with van der Waals surface area (Å²) < 4.78 is 0. The van der Waals surface area contributed by atoms with Crippen molar-refractivity contribution in [1.29, 1.82) is 0 Å². The summed E-state index contributed by atoms with van der Waals surface area (Å²) in [6, 6.07) is 10.0. The summed E-state index contributed by atoms with van der Waals surface area (Å²) in [7, 11) is 0. The Kier molecular flexibility index (Phi) is 7.56. The predicted molar refractivity (Wildman–Crippen MR) is 80.2 cm³/mol. The minimum atomic E-state index is 0.00628. The Morgan fingerprint density at radius 2 is 1.68 bits per heavy atom. The smallest absolute Gasteiger partial charge is 0.240 e. The standard InChI is InChI=1S/C16H24N2O/c1-3-5-12-15(14-10-8-7-9-11-14)17-18-16(19)13-6-4-2/h7-11H,3-6,12-13H2,1-2H3,(H,18,19)/b17-15+. The van der Waals surface area contributed by atoms with Gasteiger partial charge in [0, 0.05) is 6.42 Å². The van der Waals surface area contributed by atoms with Gasteiger partial charge in [-0.15, -0.1) is 0 Å². The molecule has 19 heavy (non-hydrogen) atoms. The highest BCUT2D eigenvalue weighted by atomic mass is 16.2. The molecule has 3 heteroatoms. The molecule has 0 aliphatic heterocycles. The van der Waals surface area contributed by atoms with Gasteiger partial charge >= 0.3 is 0 Å². The van der Waals surface area contributed by atoms with Gasteiger partial charge in [-0.2, -0.15) is 5.10 Å². The lowest BCUT2D eigenvalue weighted by atomic mass is 10.1. The number of hydrazone groups is 1. The second kappa shape index (κ2) is 9.31. The first kappa shape index (κ1) is 15.4. The first-order valence-electron chi connectivity index (χ1n) is 7.18.